The zero-order valence-corrected chi connectivity index (χ0v) is 11.2. The fourth-order valence-electron chi connectivity index (χ4n) is 1.47. The summed E-state index contributed by atoms with van der Waals surface area (Å²) in [6.45, 7) is 6.58. The molecule has 0 heterocycles. The van der Waals surface area contributed by atoms with Crippen LogP contribution in [-0.2, 0) is 9.47 Å². The van der Waals surface area contributed by atoms with Crippen molar-refractivity contribution < 1.29 is 14.3 Å². The second kappa shape index (κ2) is 8.84. The van der Waals surface area contributed by atoms with E-state index in [1.54, 1.807) is 0 Å². The molecule has 0 atom stereocenters. The highest BCUT2D eigenvalue weighted by Crippen LogP contribution is 2.02. The van der Waals surface area contributed by atoms with Crippen molar-refractivity contribution in [3.05, 3.63) is 35.9 Å². The summed E-state index contributed by atoms with van der Waals surface area (Å²) in [5.41, 5.74) is 0.747. The molecule has 1 aromatic carbocycles. The lowest BCUT2D eigenvalue weighted by atomic mass is 10.1. The van der Waals surface area contributed by atoms with Gasteiger partial charge in [-0.15, -0.1) is 0 Å². The van der Waals surface area contributed by atoms with E-state index in [-0.39, 0.29) is 5.78 Å². The van der Waals surface area contributed by atoms with Crippen LogP contribution in [0.3, 0.4) is 0 Å². The van der Waals surface area contributed by atoms with E-state index in [0.29, 0.717) is 32.2 Å². The van der Waals surface area contributed by atoms with Gasteiger partial charge in [0.15, 0.2) is 5.78 Å². The van der Waals surface area contributed by atoms with Gasteiger partial charge in [0.25, 0.3) is 0 Å². The van der Waals surface area contributed by atoms with E-state index in [4.69, 9.17) is 9.47 Å². The molecule has 0 N–H and O–H groups in total. The number of carbonyl (C=O) groups is 1. The molecule has 0 fully saturated rings. The van der Waals surface area contributed by atoms with E-state index in [0.717, 1.165) is 12.2 Å². The Labute approximate surface area is 109 Å². The topological polar surface area (TPSA) is 35.5 Å². The van der Waals surface area contributed by atoms with E-state index >= 15 is 0 Å². The fraction of sp³-hybridized carbons (Fsp3) is 0.533. The summed E-state index contributed by atoms with van der Waals surface area (Å²) in [5, 5.41) is 0. The fourth-order valence-corrected chi connectivity index (χ4v) is 1.47. The van der Waals surface area contributed by atoms with Crippen molar-refractivity contribution in [3.8, 4) is 0 Å². The number of hydrogen-bond acceptors (Lipinski definition) is 3. The van der Waals surface area contributed by atoms with Crippen LogP contribution < -0.4 is 0 Å². The first-order valence-electron chi connectivity index (χ1n) is 6.44. The molecule has 0 spiro atoms. The first-order valence-corrected chi connectivity index (χ1v) is 6.44. The van der Waals surface area contributed by atoms with Gasteiger partial charge in [0, 0.05) is 18.6 Å². The highest BCUT2D eigenvalue weighted by Gasteiger charge is 2.04. The quantitative estimate of drug-likeness (QED) is 0.499. The van der Waals surface area contributed by atoms with E-state index in [9.17, 15) is 4.79 Å². The summed E-state index contributed by atoms with van der Waals surface area (Å²) in [6.07, 6.45) is 0.425. The second-order valence-electron chi connectivity index (χ2n) is 4.62. The largest absolute Gasteiger partial charge is 0.379 e. The van der Waals surface area contributed by atoms with Crippen LogP contribution in [0.15, 0.2) is 30.3 Å². The van der Waals surface area contributed by atoms with Crippen molar-refractivity contribution in [1.82, 2.24) is 0 Å². The monoisotopic (exact) mass is 250 g/mol. The molecule has 0 aromatic heterocycles. The summed E-state index contributed by atoms with van der Waals surface area (Å²) >= 11 is 0. The molecule has 0 aliphatic heterocycles. The molecule has 0 aliphatic rings. The summed E-state index contributed by atoms with van der Waals surface area (Å²) in [5.74, 6) is 0.670. The maximum atomic E-state index is 11.7. The first-order chi connectivity index (χ1) is 8.70. The molecule has 3 nitrogen and oxygen atoms in total. The summed E-state index contributed by atoms with van der Waals surface area (Å²) < 4.78 is 10.7. The minimum Gasteiger partial charge on any atom is -0.379 e. The SMILES string of the molecule is CC(C)COCCOCCC(=O)c1ccccc1. The van der Waals surface area contributed by atoms with Gasteiger partial charge in [0.05, 0.1) is 19.8 Å². The second-order valence-corrected chi connectivity index (χ2v) is 4.62. The van der Waals surface area contributed by atoms with Crippen LogP contribution in [0.2, 0.25) is 0 Å². The number of hydrogen-bond donors (Lipinski definition) is 0. The van der Waals surface area contributed by atoms with Gasteiger partial charge in [-0.25, -0.2) is 0 Å². The third-order valence-corrected chi connectivity index (χ3v) is 2.39. The molecule has 0 saturated carbocycles. The summed E-state index contributed by atoms with van der Waals surface area (Å²) in [7, 11) is 0. The zero-order chi connectivity index (χ0) is 13.2. The Morgan fingerprint density at radius 2 is 1.72 bits per heavy atom. The average Bonchev–Trinajstić information content (AvgIpc) is 2.38. The molecule has 0 amide bonds. The number of rotatable bonds is 9. The highest BCUT2D eigenvalue weighted by atomic mass is 16.5. The molecule has 1 rings (SSSR count). The van der Waals surface area contributed by atoms with Crippen LogP contribution in [0.25, 0.3) is 0 Å². The highest BCUT2D eigenvalue weighted by molar-refractivity contribution is 5.96. The van der Waals surface area contributed by atoms with Crippen molar-refractivity contribution in [2.45, 2.75) is 20.3 Å². The van der Waals surface area contributed by atoms with Crippen LogP contribution >= 0.6 is 0 Å². The maximum absolute atomic E-state index is 11.7. The first kappa shape index (κ1) is 14.9. The molecule has 3 heteroatoms. The number of ketones is 1. The summed E-state index contributed by atoms with van der Waals surface area (Å²) in [4.78, 5) is 11.7. The van der Waals surface area contributed by atoms with Crippen molar-refractivity contribution in [2.75, 3.05) is 26.4 Å². The van der Waals surface area contributed by atoms with Crippen molar-refractivity contribution in [1.29, 1.82) is 0 Å². The van der Waals surface area contributed by atoms with Crippen LogP contribution in [0, 0.1) is 5.92 Å². The molecule has 18 heavy (non-hydrogen) atoms. The normalized spacial score (nSPS) is 10.8. The molecule has 0 saturated heterocycles. The molecule has 0 unspecified atom stereocenters. The molecule has 0 aliphatic carbocycles. The van der Waals surface area contributed by atoms with Crippen LogP contribution in [0.4, 0.5) is 0 Å². The molecular weight excluding hydrogens is 228 g/mol. The van der Waals surface area contributed by atoms with Gasteiger partial charge in [-0.1, -0.05) is 44.2 Å². The van der Waals surface area contributed by atoms with Crippen LogP contribution in [-0.4, -0.2) is 32.2 Å². The Hall–Kier alpha value is -1.19. The van der Waals surface area contributed by atoms with Gasteiger partial charge in [0.2, 0.25) is 0 Å². The zero-order valence-electron chi connectivity index (χ0n) is 11.2. The van der Waals surface area contributed by atoms with E-state index < -0.39 is 0 Å². The van der Waals surface area contributed by atoms with Crippen molar-refractivity contribution >= 4 is 5.78 Å². The smallest absolute Gasteiger partial charge is 0.165 e. The lowest BCUT2D eigenvalue weighted by Crippen LogP contribution is -2.11. The lowest BCUT2D eigenvalue weighted by molar-refractivity contribution is 0.0365. The Bertz CT molecular complexity index is 333. The number of Topliss-reactive ketones (excluding diaryl/α,β-unsaturated/α-hetero) is 1. The van der Waals surface area contributed by atoms with E-state index in [1.165, 1.54) is 0 Å². The standard InChI is InChI=1S/C15H22O3/c1-13(2)12-18-11-10-17-9-8-15(16)14-6-4-3-5-7-14/h3-7,13H,8-12H2,1-2H3. The number of carbonyl (C=O) groups excluding carboxylic acids is 1. The minimum absolute atomic E-state index is 0.124. The average molecular weight is 250 g/mol. The predicted molar refractivity (Wildman–Crippen MR) is 71.9 cm³/mol. The van der Waals surface area contributed by atoms with Gasteiger partial charge in [0.1, 0.15) is 0 Å². The van der Waals surface area contributed by atoms with E-state index in [1.807, 2.05) is 30.3 Å². The maximum Gasteiger partial charge on any atom is 0.165 e. The van der Waals surface area contributed by atoms with Gasteiger partial charge in [-0.05, 0) is 5.92 Å². The van der Waals surface area contributed by atoms with Gasteiger partial charge < -0.3 is 9.47 Å². The predicted octanol–water partition coefficient (Wildman–Crippen LogP) is 2.95. The Morgan fingerprint density at radius 1 is 1.06 bits per heavy atom. The minimum atomic E-state index is 0.124. The Morgan fingerprint density at radius 3 is 2.39 bits per heavy atom. The molecule has 100 valence electrons. The molecule has 1 aromatic rings. The van der Waals surface area contributed by atoms with Crippen molar-refractivity contribution in [2.24, 2.45) is 5.92 Å². The van der Waals surface area contributed by atoms with E-state index in [2.05, 4.69) is 13.8 Å². The third-order valence-electron chi connectivity index (χ3n) is 2.39. The summed E-state index contributed by atoms with van der Waals surface area (Å²) in [6, 6.07) is 9.29. The molecule has 0 bridgehead atoms. The van der Waals surface area contributed by atoms with Gasteiger partial charge in [-0.2, -0.15) is 0 Å². The molecule has 0 radical (unpaired) electrons. The van der Waals surface area contributed by atoms with Gasteiger partial charge in [-0.3, -0.25) is 4.79 Å². The number of benzene rings is 1. The van der Waals surface area contributed by atoms with Gasteiger partial charge >= 0.3 is 0 Å². The lowest BCUT2D eigenvalue weighted by Gasteiger charge is -2.07. The number of ether oxygens (including phenoxy) is 2. The Balaban J connectivity index is 2.03. The Kier molecular flexibility index (Phi) is 7.30. The van der Waals surface area contributed by atoms with Crippen LogP contribution in [0.5, 0.6) is 0 Å². The third kappa shape index (κ3) is 6.52. The van der Waals surface area contributed by atoms with Crippen LogP contribution in [0.1, 0.15) is 30.6 Å². The van der Waals surface area contributed by atoms with Crippen molar-refractivity contribution in [3.63, 3.8) is 0 Å². The molecular formula is C15H22O3.